The van der Waals surface area contributed by atoms with E-state index < -0.39 is 41.6 Å². The summed E-state index contributed by atoms with van der Waals surface area (Å²) in [6.07, 6.45) is 0.731. The van der Waals surface area contributed by atoms with Crippen molar-refractivity contribution in [3.63, 3.8) is 0 Å². The third kappa shape index (κ3) is 7.10. The van der Waals surface area contributed by atoms with E-state index in [1.54, 1.807) is 0 Å². The lowest BCUT2D eigenvalue weighted by Gasteiger charge is -2.26. The van der Waals surface area contributed by atoms with Crippen molar-refractivity contribution >= 4 is 23.6 Å². The smallest absolute Gasteiger partial charge is 0.270 e. The van der Waals surface area contributed by atoms with E-state index in [-0.39, 0.29) is 30.7 Å². The Morgan fingerprint density at radius 3 is 2.03 bits per heavy atom. The van der Waals surface area contributed by atoms with Gasteiger partial charge in [-0.15, -0.1) is 0 Å². The van der Waals surface area contributed by atoms with E-state index in [4.69, 9.17) is 11.5 Å². The summed E-state index contributed by atoms with van der Waals surface area (Å²) < 4.78 is 27.0. The van der Waals surface area contributed by atoms with E-state index in [9.17, 15) is 28.0 Å². The molecule has 4 amide bonds. The summed E-state index contributed by atoms with van der Waals surface area (Å²) in [5.74, 6) is -5.84. The zero-order valence-electron chi connectivity index (χ0n) is 19.9. The Kier molecular flexibility index (Phi) is 8.39. The number of nitrogens with one attached hydrogen (secondary N) is 2. The molecule has 36 heavy (non-hydrogen) atoms. The van der Waals surface area contributed by atoms with Crippen LogP contribution in [0, 0.1) is 5.92 Å². The van der Waals surface area contributed by atoms with Crippen LogP contribution in [0.3, 0.4) is 0 Å². The standard InChI is InChI=1S/C26H30F2N4O4/c1-26(27,28)19-8-6-15(7-9-19)12-20(24(30)35)31-25(36)23(32-22(34)11-10-21(29)33)18-13-16-4-2-3-5-17(16)14-18/h2-9,18,20,23H,10-14H2,1H3,(H2,29,33)(H2,30,35)(H,31,36)(H,32,34)/t20-,23+/m0/s1. The molecule has 0 radical (unpaired) electrons. The van der Waals surface area contributed by atoms with Crippen molar-refractivity contribution in [1.29, 1.82) is 0 Å². The SMILES string of the molecule is CC(F)(F)c1ccc(C[C@H](NC(=O)[C@H](NC(=O)CCC(N)=O)C2Cc3ccccc3C2)C(N)=O)cc1. The molecule has 2 atom stereocenters. The molecule has 10 heteroatoms. The highest BCUT2D eigenvalue weighted by Crippen LogP contribution is 2.29. The van der Waals surface area contributed by atoms with E-state index >= 15 is 0 Å². The molecule has 0 heterocycles. The Morgan fingerprint density at radius 2 is 1.53 bits per heavy atom. The Morgan fingerprint density at radius 1 is 0.944 bits per heavy atom. The highest BCUT2D eigenvalue weighted by atomic mass is 19.3. The first-order valence-electron chi connectivity index (χ1n) is 11.7. The van der Waals surface area contributed by atoms with Crippen molar-refractivity contribution in [2.75, 3.05) is 0 Å². The molecule has 0 spiro atoms. The van der Waals surface area contributed by atoms with Crippen LogP contribution in [0.5, 0.6) is 0 Å². The molecular formula is C26H30F2N4O4. The molecule has 0 fully saturated rings. The molecule has 1 aliphatic rings. The average molecular weight is 501 g/mol. The number of amides is 4. The van der Waals surface area contributed by atoms with Gasteiger partial charge >= 0.3 is 0 Å². The number of carbonyl (C=O) groups is 4. The summed E-state index contributed by atoms with van der Waals surface area (Å²) in [4.78, 5) is 49.0. The van der Waals surface area contributed by atoms with Gasteiger partial charge in [-0.3, -0.25) is 19.2 Å². The molecule has 192 valence electrons. The van der Waals surface area contributed by atoms with Crippen LogP contribution in [0.1, 0.15) is 42.0 Å². The van der Waals surface area contributed by atoms with Gasteiger partial charge in [0.25, 0.3) is 5.92 Å². The molecular weight excluding hydrogens is 470 g/mol. The van der Waals surface area contributed by atoms with E-state index in [0.29, 0.717) is 18.4 Å². The monoisotopic (exact) mass is 500 g/mol. The van der Waals surface area contributed by atoms with Crippen molar-refractivity contribution in [1.82, 2.24) is 10.6 Å². The van der Waals surface area contributed by atoms with Gasteiger partial charge in [-0.05, 0) is 35.4 Å². The molecule has 6 N–H and O–H groups in total. The number of halogens is 2. The molecule has 2 aromatic carbocycles. The fourth-order valence-electron chi connectivity index (χ4n) is 4.36. The maximum absolute atomic E-state index is 13.5. The van der Waals surface area contributed by atoms with E-state index in [1.807, 2.05) is 24.3 Å². The second kappa shape index (κ2) is 11.3. The number of benzene rings is 2. The highest BCUT2D eigenvalue weighted by Gasteiger charge is 2.36. The molecule has 2 aromatic rings. The first-order valence-corrected chi connectivity index (χ1v) is 11.7. The first-order chi connectivity index (χ1) is 16.9. The topological polar surface area (TPSA) is 144 Å². The van der Waals surface area contributed by atoms with Gasteiger partial charge in [0.05, 0.1) is 0 Å². The molecule has 0 aromatic heterocycles. The number of fused-ring (bicyclic) bond motifs is 1. The lowest BCUT2D eigenvalue weighted by Crippen LogP contribution is -2.56. The number of alkyl halides is 2. The van der Waals surface area contributed by atoms with Crippen molar-refractivity contribution in [3.05, 3.63) is 70.8 Å². The van der Waals surface area contributed by atoms with Crippen molar-refractivity contribution < 1.29 is 28.0 Å². The van der Waals surface area contributed by atoms with Gasteiger partial charge in [-0.25, -0.2) is 8.78 Å². The average Bonchev–Trinajstić information content (AvgIpc) is 3.24. The molecule has 0 unspecified atom stereocenters. The molecule has 0 saturated heterocycles. The minimum absolute atomic E-state index is 0.0100. The van der Waals surface area contributed by atoms with Crippen molar-refractivity contribution in [2.24, 2.45) is 17.4 Å². The van der Waals surface area contributed by atoms with Gasteiger partial charge in [0, 0.05) is 31.7 Å². The van der Waals surface area contributed by atoms with Gasteiger partial charge in [-0.2, -0.15) is 0 Å². The molecule has 1 aliphatic carbocycles. The van der Waals surface area contributed by atoms with Crippen LogP contribution in [0.25, 0.3) is 0 Å². The summed E-state index contributed by atoms with van der Waals surface area (Å²) in [5, 5.41) is 5.30. The minimum atomic E-state index is -3.01. The first kappa shape index (κ1) is 26.8. The zero-order chi connectivity index (χ0) is 26.5. The second-order valence-electron chi connectivity index (χ2n) is 9.20. The third-order valence-corrected chi connectivity index (χ3v) is 6.31. The summed E-state index contributed by atoms with van der Waals surface area (Å²) >= 11 is 0. The highest BCUT2D eigenvalue weighted by molar-refractivity contribution is 5.92. The normalized spacial score (nSPS) is 15.0. The van der Waals surface area contributed by atoms with Gasteiger partial charge in [-0.1, -0.05) is 48.5 Å². The predicted octanol–water partition coefficient (Wildman–Crippen LogP) is 1.48. The Balaban J connectivity index is 1.75. The summed E-state index contributed by atoms with van der Waals surface area (Å²) in [6.45, 7) is 0.785. The fraction of sp³-hybridized carbons (Fsp3) is 0.385. The maximum atomic E-state index is 13.5. The van der Waals surface area contributed by atoms with Crippen LogP contribution in [0.4, 0.5) is 8.78 Å². The number of hydrogen-bond donors (Lipinski definition) is 4. The maximum Gasteiger partial charge on any atom is 0.270 e. The number of hydrogen-bond acceptors (Lipinski definition) is 4. The van der Waals surface area contributed by atoms with Gasteiger partial charge in [0.15, 0.2) is 0 Å². The minimum Gasteiger partial charge on any atom is -0.370 e. The lowest BCUT2D eigenvalue weighted by atomic mass is 9.94. The largest absolute Gasteiger partial charge is 0.370 e. The van der Waals surface area contributed by atoms with E-state index in [0.717, 1.165) is 18.1 Å². The summed E-state index contributed by atoms with van der Waals surface area (Å²) in [7, 11) is 0. The summed E-state index contributed by atoms with van der Waals surface area (Å²) in [5.41, 5.74) is 13.1. The predicted molar refractivity (Wildman–Crippen MR) is 129 cm³/mol. The Bertz CT molecular complexity index is 1110. The van der Waals surface area contributed by atoms with Crippen LogP contribution < -0.4 is 22.1 Å². The second-order valence-corrected chi connectivity index (χ2v) is 9.20. The number of nitrogens with two attached hydrogens (primary N) is 2. The van der Waals surface area contributed by atoms with Crippen molar-refractivity contribution in [3.8, 4) is 0 Å². The molecule has 0 saturated carbocycles. The third-order valence-electron chi connectivity index (χ3n) is 6.31. The molecule has 0 bridgehead atoms. The molecule has 0 aliphatic heterocycles. The number of rotatable bonds is 11. The van der Waals surface area contributed by atoms with Crippen LogP contribution in [-0.2, 0) is 44.4 Å². The lowest BCUT2D eigenvalue weighted by molar-refractivity contribution is -0.133. The fourth-order valence-corrected chi connectivity index (χ4v) is 4.36. The molecule has 8 nitrogen and oxygen atoms in total. The van der Waals surface area contributed by atoms with E-state index in [1.165, 1.54) is 24.3 Å². The van der Waals surface area contributed by atoms with Gasteiger partial charge in [0.1, 0.15) is 12.1 Å². The number of carbonyl (C=O) groups excluding carboxylic acids is 4. The van der Waals surface area contributed by atoms with E-state index in [2.05, 4.69) is 10.6 Å². The Labute approximate surface area is 207 Å². The quantitative estimate of drug-likeness (QED) is 0.370. The van der Waals surface area contributed by atoms with Crippen LogP contribution in [0.15, 0.2) is 48.5 Å². The van der Waals surface area contributed by atoms with Gasteiger partial charge < -0.3 is 22.1 Å². The molecule has 3 rings (SSSR count). The van der Waals surface area contributed by atoms with Crippen LogP contribution in [-0.4, -0.2) is 35.7 Å². The van der Waals surface area contributed by atoms with Gasteiger partial charge in [0.2, 0.25) is 23.6 Å². The summed E-state index contributed by atoms with van der Waals surface area (Å²) in [6, 6.07) is 11.0. The Hall–Kier alpha value is -3.82. The van der Waals surface area contributed by atoms with Crippen molar-refractivity contribution in [2.45, 2.75) is 57.0 Å². The van der Waals surface area contributed by atoms with Crippen LogP contribution >= 0.6 is 0 Å². The number of primary amides is 2. The zero-order valence-corrected chi connectivity index (χ0v) is 19.9. The van der Waals surface area contributed by atoms with Crippen LogP contribution in [0.2, 0.25) is 0 Å².